The highest BCUT2D eigenvalue weighted by Crippen LogP contribution is 2.21. The Labute approximate surface area is 119 Å². The predicted molar refractivity (Wildman–Crippen MR) is 83.7 cm³/mol. The van der Waals surface area contributed by atoms with E-state index in [0.29, 0.717) is 12.0 Å². The molecule has 2 rings (SSSR count). The molecule has 104 valence electrons. The number of para-hydroxylation sites is 2. The maximum atomic E-state index is 4.60. The maximum Gasteiger partial charge on any atom is 0.166 e. The molecule has 0 spiro atoms. The monoisotopic (exact) mass is 277 g/mol. The highest BCUT2D eigenvalue weighted by atomic mass is 32.2. The molecule has 3 nitrogen and oxygen atoms in total. The SMILES string of the molecule is CCCNC(CSc1nc2ccccc2[nH]1)C(C)C. The van der Waals surface area contributed by atoms with Gasteiger partial charge in [-0.1, -0.05) is 44.7 Å². The molecule has 1 heterocycles. The number of nitrogens with one attached hydrogen (secondary N) is 2. The normalized spacial score (nSPS) is 13.3. The van der Waals surface area contributed by atoms with E-state index in [-0.39, 0.29) is 0 Å². The first-order valence-electron chi connectivity index (χ1n) is 7.01. The summed E-state index contributed by atoms with van der Waals surface area (Å²) in [6.07, 6.45) is 1.18. The Balaban J connectivity index is 1.96. The van der Waals surface area contributed by atoms with Crippen molar-refractivity contribution in [3.8, 4) is 0 Å². The second-order valence-electron chi connectivity index (χ2n) is 5.17. The summed E-state index contributed by atoms with van der Waals surface area (Å²) in [5.41, 5.74) is 2.17. The fourth-order valence-corrected chi connectivity index (χ4v) is 3.17. The van der Waals surface area contributed by atoms with Crippen molar-refractivity contribution in [1.29, 1.82) is 0 Å². The summed E-state index contributed by atoms with van der Waals surface area (Å²) in [6, 6.07) is 8.72. The largest absolute Gasteiger partial charge is 0.333 e. The van der Waals surface area contributed by atoms with Crippen LogP contribution in [0.2, 0.25) is 0 Å². The van der Waals surface area contributed by atoms with Gasteiger partial charge in [-0.2, -0.15) is 0 Å². The van der Waals surface area contributed by atoms with Crippen LogP contribution >= 0.6 is 11.8 Å². The lowest BCUT2D eigenvalue weighted by Crippen LogP contribution is -2.36. The Hall–Kier alpha value is -1.00. The molecular weight excluding hydrogens is 254 g/mol. The number of nitrogens with zero attached hydrogens (tertiary/aromatic N) is 1. The Morgan fingerprint density at radius 2 is 2.11 bits per heavy atom. The molecule has 0 saturated heterocycles. The number of imidazole rings is 1. The van der Waals surface area contributed by atoms with Crippen LogP contribution in [0, 0.1) is 5.92 Å². The van der Waals surface area contributed by atoms with Crippen molar-refractivity contribution in [2.24, 2.45) is 5.92 Å². The Morgan fingerprint density at radius 1 is 1.32 bits per heavy atom. The quantitative estimate of drug-likeness (QED) is 0.759. The summed E-state index contributed by atoms with van der Waals surface area (Å²) in [7, 11) is 0. The second-order valence-corrected chi connectivity index (χ2v) is 6.18. The predicted octanol–water partition coefficient (Wildman–Crippen LogP) is 3.68. The molecule has 1 aromatic carbocycles. The average Bonchev–Trinajstić information content (AvgIpc) is 2.81. The molecule has 0 radical (unpaired) electrons. The van der Waals surface area contributed by atoms with Gasteiger partial charge in [-0.3, -0.25) is 0 Å². The van der Waals surface area contributed by atoms with Gasteiger partial charge in [-0.05, 0) is 31.0 Å². The van der Waals surface area contributed by atoms with E-state index < -0.39 is 0 Å². The van der Waals surface area contributed by atoms with Gasteiger partial charge >= 0.3 is 0 Å². The van der Waals surface area contributed by atoms with Crippen LogP contribution in [0.5, 0.6) is 0 Å². The number of H-pyrrole nitrogens is 1. The fourth-order valence-electron chi connectivity index (χ4n) is 1.98. The van der Waals surface area contributed by atoms with Gasteiger partial charge in [0.15, 0.2) is 5.16 Å². The van der Waals surface area contributed by atoms with E-state index in [1.807, 2.05) is 18.2 Å². The minimum absolute atomic E-state index is 0.540. The van der Waals surface area contributed by atoms with Gasteiger partial charge < -0.3 is 10.3 Å². The van der Waals surface area contributed by atoms with Crippen molar-refractivity contribution in [3.05, 3.63) is 24.3 Å². The zero-order valence-electron chi connectivity index (χ0n) is 11.9. The van der Waals surface area contributed by atoms with Crippen LogP contribution < -0.4 is 5.32 Å². The second kappa shape index (κ2) is 6.96. The summed E-state index contributed by atoms with van der Waals surface area (Å²) in [6.45, 7) is 7.83. The van der Waals surface area contributed by atoms with Crippen molar-refractivity contribution in [3.63, 3.8) is 0 Å². The van der Waals surface area contributed by atoms with Crippen molar-refractivity contribution in [1.82, 2.24) is 15.3 Å². The molecule has 0 saturated carbocycles. The van der Waals surface area contributed by atoms with Gasteiger partial charge in [-0.25, -0.2) is 4.98 Å². The molecule has 4 heteroatoms. The van der Waals surface area contributed by atoms with Crippen LogP contribution in [0.1, 0.15) is 27.2 Å². The molecule has 1 aromatic heterocycles. The highest BCUT2D eigenvalue weighted by molar-refractivity contribution is 7.99. The summed E-state index contributed by atoms with van der Waals surface area (Å²) in [5, 5.41) is 4.63. The molecule has 2 N–H and O–H groups in total. The van der Waals surface area contributed by atoms with E-state index in [0.717, 1.165) is 28.5 Å². The van der Waals surface area contributed by atoms with Gasteiger partial charge in [0, 0.05) is 11.8 Å². The molecule has 0 fully saturated rings. The smallest absolute Gasteiger partial charge is 0.166 e. The van der Waals surface area contributed by atoms with E-state index in [2.05, 4.69) is 42.1 Å². The summed E-state index contributed by atoms with van der Waals surface area (Å²) < 4.78 is 0. The molecule has 0 aliphatic carbocycles. The van der Waals surface area contributed by atoms with Crippen molar-refractivity contribution in [2.45, 2.75) is 38.4 Å². The Morgan fingerprint density at radius 3 is 2.79 bits per heavy atom. The minimum atomic E-state index is 0.540. The van der Waals surface area contributed by atoms with Gasteiger partial charge in [0.25, 0.3) is 0 Å². The number of hydrogen-bond acceptors (Lipinski definition) is 3. The van der Waals surface area contributed by atoms with E-state index in [1.54, 1.807) is 11.8 Å². The number of rotatable bonds is 7. The number of benzene rings is 1. The van der Waals surface area contributed by atoms with Crippen molar-refractivity contribution in [2.75, 3.05) is 12.3 Å². The third kappa shape index (κ3) is 3.98. The lowest BCUT2D eigenvalue weighted by molar-refractivity contribution is 0.434. The zero-order chi connectivity index (χ0) is 13.7. The third-order valence-electron chi connectivity index (χ3n) is 3.23. The van der Waals surface area contributed by atoms with E-state index >= 15 is 0 Å². The molecule has 1 atom stereocenters. The van der Waals surface area contributed by atoms with Gasteiger partial charge in [-0.15, -0.1) is 0 Å². The summed E-state index contributed by atoms with van der Waals surface area (Å²) >= 11 is 1.80. The lowest BCUT2D eigenvalue weighted by Gasteiger charge is -2.21. The molecular formula is C15H23N3S. The summed E-state index contributed by atoms with van der Waals surface area (Å²) in [4.78, 5) is 7.97. The Bertz CT molecular complexity index is 474. The first-order chi connectivity index (χ1) is 9.20. The van der Waals surface area contributed by atoms with E-state index in [1.165, 1.54) is 6.42 Å². The first kappa shape index (κ1) is 14.4. The van der Waals surface area contributed by atoms with Crippen molar-refractivity contribution >= 4 is 22.8 Å². The standard InChI is InChI=1S/C15H23N3S/c1-4-9-16-14(11(2)3)10-19-15-17-12-7-5-6-8-13(12)18-15/h5-8,11,14,16H,4,9-10H2,1-3H3,(H,17,18). The topological polar surface area (TPSA) is 40.7 Å². The Kier molecular flexibility index (Phi) is 5.28. The van der Waals surface area contributed by atoms with Crippen LogP contribution in [-0.2, 0) is 0 Å². The number of fused-ring (bicyclic) bond motifs is 1. The third-order valence-corrected chi connectivity index (χ3v) is 4.22. The molecule has 1 unspecified atom stereocenters. The van der Waals surface area contributed by atoms with E-state index in [9.17, 15) is 0 Å². The summed E-state index contributed by atoms with van der Waals surface area (Å²) in [5.74, 6) is 1.70. The molecule has 0 amide bonds. The number of aromatic nitrogens is 2. The fraction of sp³-hybridized carbons (Fsp3) is 0.533. The molecule has 0 bridgehead atoms. The molecule has 0 aliphatic heterocycles. The zero-order valence-corrected chi connectivity index (χ0v) is 12.8. The first-order valence-corrected chi connectivity index (χ1v) is 8.00. The van der Waals surface area contributed by atoms with E-state index in [4.69, 9.17) is 0 Å². The average molecular weight is 277 g/mol. The van der Waals surface area contributed by atoms with Gasteiger partial charge in [0.2, 0.25) is 0 Å². The van der Waals surface area contributed by atoms with Crippen molar-refractivity contribution < 1.29 is 0 Å². The molecule has 0 aliphatic rings. The number of thioether (sulfide) groups is 1. The van der Waals surface area contributed by atoms with Gasteiger partial charge in [0.05, 0.1) is 11.0 Å². The van der Waals surface area contributed by atoms with Gasteiger partial charge in [0.1, 0.15) is 0 Å². The van der Waals surface area contributed by atoms with Crippen LogP contribution in [0.15, 0.2) is 29.4 Å². The van der Waals surface area contributed by atoms with Crippen LogP contribution in [0.4, 0.5) is 0 Å². The highest BCUT2D eigenvalue weighted by Gasteiger charge is 2.13. The number of aromatic amines is 1. The minimum Gasteiger partial charge on any atom is -0.333 e. The number of hydrogen-bond donors (Lipinski definition) is 2. The molecule has 19 heavy (non-hydrogen) atoms. The van der Waals surface area contributed by atoms with Crippen LogP contribution in [0.3, 0.4) is 0 Å². The lowest BCUT2D eigenvalue weighted by atomic mass is 10.1. The molecule has 2 aromatic rings. The van der Waals surface area contributed by atoms with Crippen LogP contribution in [-0.4, -0.2) is 28.3 Å². The van der Waals surface area contributed by atoms with Crippen LogP contribution in [0.25, 0.3) is 11.0 Å². The maximum absolute atomic E-state index is 4.60.